The van der Waals surface area contributed by atoms with Crippen LogP contribution < -0.4 is 5.32 Å². The largest absolute Gasteiger partial charge is 0.378 e. The summed E-state index contributed by atoms with van der Waals surface area (Å²) >= 11 is 5.91. The van der Waals surface area contributed by atoms with Crippen molar-refractivity contribution in [3.8, 4) is 0 Å². The molecule has 1 N–H and O–H groups in total. The third kappa shape index (κ3) is 6.95. The molecule has 1 aliphatic rings. The van der Waals surface area contributed by atoms with E-state index >= 15 is 0 Å². The summed E-state index contributed by atoms with van der Waals surface area (Å²) in [5.74, 6) is 0.791. The molecule has 1 heterocycles. The number of piperazine rings is 1. The van der Waals surface area contributed by atoms with Crippen molar-refractivity contribution in [2.24, 2.45) is 4.99 Å². The lowest BCUT2D eigenvalue weighted by molar-refractivity contribution is 0.0904. The van der Waals surface area contributed by atoms with Crippen LogP contribution in [0.4, 0.5) is 0 Å². The molecule has 0 unspecified atom stereocenters. The maximum absolute atomic E-state index is 12.4. The van der Waals surface area contributed by atoms with Gasteiger partial charge in [0.15, 0.2) is 5.96 Å². The number of nitrogens with one attached hydrogen (secondary N) is 1. The highest BCUT2D eigenvalue weighted by molar-refractivity contribution is 7.89. The van der Waals surface area contributed by atoms with Crippen molar-refractivity contribution in [2.75, 3.05) is 45.6 Å². The van der Waals surface area contributed by atoms with Gasteiger partial charge in [0.2, 0.25) is 10.0 Å². The predicted octanol–water partition coefficient (Wildman–Crippen LogP) is 1.79. The lowest BCUT2D eigenvalue weighted by Gasteiger charge is -2.35. The molecule has 0 amide bonds. The Hall–Kier alpha value is -1.35. The van der Waals surface area contributed by atoms with Gasteiger partial charge in [-0.1, -0.05) is 23.7 Å². The zero-order chi connectivity index (χ0) is 19.9. The number of ether oxygens (including phenoxy) is 1. The SMILES string of the molecule is CN=C(NCc1ccc(Cl)cc1)N1CCN(S(=O)(=O)CCOC(C)C)CC1. The smallest absolute Gasteiger partial charge is 0.216 e. The fraction of sp³-hybridized carbons (Fsp3) is 0.611. The number of hydrogen-bond donors (Lipinski definition) is 1. The van der Waals surface area contributed by atoms with Gasteiger partial charge in [-0.3, -0.25) is 4.99 Å². The van der Waals surface area contributed by atoms with Crippen LogP contribution in [0.1, 0.15) is 19.4 Å². The van der Waals surface area contributed by atoms with Gasteiger partial charge in [-0.15, -0.1) is 0 Å². The Bertz CT molecular complexity index is 715. The second-order valence-electron chi connectivity index (χ2n) is 6.65. The minimum Gasteiger partial charge on any atom is -0.378 e. The first-order valence-electron chi connectivity index (χ1n) is 9.11. The summed E-state index contributed by atoms with van der Waals surface area (Å²) in [6.45, 7) is 6.76. The molecule has 0 aromatic heterocycles. The van der Waals surface area contributed by atoms with E-state index < -0.39 is 10.0 Å². The Balaban J connectivity index is 1.83. The minimum absolute atomic E-state index is 0.0225. The third-order valence-corrected chi connectivity index (χ3v) is 6.39. The fourth-order valence-electron chi connectivity index (χ4n) is 2.81. The molecule has 1 saturated heterocycles. The number of sulfonamides is 1. The average Bonchev–Trinajstić information content (AvgIpc) is 2.63. The van der Waals surface area contributed by atoms with Crippen LogP contribution >= 0.6 is 11.6 Å². The van der Waals surface area contributed by atoms with E-state index in [9.17, 15) is 8.42 Å². The Morgan fingerprint density at radius 3 is 2.41 bits per heavy atom. The van der Waals surface area contributed by atoms with Crippen molar-refractivity contribution in [3.05, 3.63) is 34.9 Å². The molecule has 2 rings (SSSR count). The van der Waals surface area contributed by atoms with Gasteiger partial charge in [-0.05, 0) is 31.5 Å². The lowest BCUT2D eigenvalue weighted by atomic mass is 10.2. The number of rotatable bonds is 7. The van der Waals surface area contributed by atoms with Crippen LogP contribution in [0.25, 0.3) is 0 Å². The quantitative estimate of drug-likeness (QED) is 0.541. The van der Waals surface area contributed by atoms with Crippen LogP contribution in [0.2, 0.25) is 5.02 Å². The van der Waals surface area contributed by atoms with Crippen LogP contribution in [0.15, 0.2) is 29.3 Å². The fourth-order valence-corrected chi connectivity index (χ4v) is 4.22. The van der Waals surface area contributed by atoms with Gasteiger partial charge in [0, 0.05) is 44.8 Å². The Morgan fingerprint density at radius 2 is 1.85 bits per heavy atom. The van der Waals surface area contributed by atoms with Crippen LogP contribution in [0, 0.1) is 0 Å². The molecule has 1 aromatic rings. The molecule has 0 saturated carbocycles. The number of guanidine groups is 1. The number of aliphatic imine (C=N–C) groups is 1. The van der Waals surface area contributed by atoms with Crippen molar-refractivity contribution in [1.82, 2.24) is 14.5 Å². The van der Waals surface area contributed by atoms with E-state index in [0.717, 1.165) is 11.5 Å². The summed E-state index contributed by atoms with van der Waals surface area (Å²) < 4.78 is 31.8. The summed E-state index contributed by atoms with van der Waals surface area (Å²) in [6, 6.07) is 7.64. The van der Waals surface area contributed by atoms with Gasteiger partial charge >= 0.3 is 0 Å². The number of halogens is 1. The van der Waals surface area contributed by atoms with E-state index in [1.807, 2.05) is 38.1 Å². The summed E-state index contributed by atoms with van der Waals surface area (Å²) in [4.78, 5) is 6.39. The zero-order valence-corrected chi connectivity index (χ0v) is 17.8. The maximum Gasteiger partial charge on any atom is 0.216 e. The van der Waals surface area contributed by atoms with Gasteiger partial charge in [0.05, 0.1) is 18.5 Å². The molecule has 1 fully saturated rings. The summed E-state index contributed by atoms with van der Waals surface area (Å²) in [7, 11) is -1.55. The van der Waals surface area contributed by atoms with Crippen LogP contribution in [0.5, 0.6) is 0 Å². The molecule has 152 valence electrons. The predicted molar refractivity (Wildman–Crippen MR) is 110 cm³/mol. The molecule has 0 bridgehead atoms. The third-order valence-electron chi connectivity index (χ3n) is 4.30. The molecule has 0 aliphatic carbocycles. The average molecular weight is 417 g/mol. The maximum atomic E-state index is 12.4. The van der Waals surface area contributed by atoms with Gasteiger partial charge in [-0.2, -0.15) is 4.31 Å². The molecular weight excluding hydrogens is 388 g/mol. The first kappa shape index (κ1) is 21.9. The first-order chi connectivity index (χ1) is 12.8. The first-order valence-corrected chi connectivity index (χ1v) is 11.1. The van der Waals surface area contributed by atoms with Crippen molar-refractivity contribution in [2.45, 2.75) is 26.5 Å². The molecule has 0 spiro atoms. The zero-order valence-electron chi connectivity index (χ0n) is 16.2. The highest BCUT2D eigenvalue weighted by atomic mass is 35.5. The van der Waals surface area contributed by atoms with E-state index in [2.05, 4.69) is 15.2 Å². The van der Waals surface area contributed by atoms with Crippen molar-refractivity contribution in [1.29, 1.82) is 0 Å². The second-order valence-corrected chi connectivity index (χ2v) is 9.17. The van der Waals surface area contributed by atoms with Gasteiger partial charge in [-0.25, -0.2) is 8.42 Å². The molecule has 1 aliphatic heterocycles. The molecule has 7 nitrogen and oxygen atoms in total. The Labute approximate surface area is 167 Å². The topological polar surface area (TPSA) is 74.2 Å². The highest BCUT2D eigenvalue weighted by Crippen LogP contribution is 2.11. The van der Waals surface area contributed by atoms with Gasteiger partial charge in [0.25, 0.3) is 0 Å². The Kier molecular flexibility index (Phi) is 8.34. The molecule has 0 radical (unpaired) electrons. The minimum atomic E-state index is -3.29. The summed E-state index contributed by atoms with van der Waals surface area (Å²) in [6.07, 6.45) is 0.0343. The molecular formula is C18H29ClN4O3S. The number of hydrogen-bond acceptors (Lipinski definition) is 4. The van der Waals surface area contributed by atoms with Crippen LogP contribution in [-0.2, 0) is 21.3 Å². The van der Waals surface area contributed by atoms with E-state index in [1.54, 1.807) is 11.4 Å². The normalized spacial score (nSPS) is 16.8. The molecule has 27 heavy (non-hydrogen) atoms. The van der Waals surface area contributed by atoms with E-state index in [-0.39, 0.29) is 18.5 Å². The molecule has 1 aromatic carbocycles. The molecule has 0 atom stereocenters. The van der Waals surface area contributed by atoms with Crippen LogP contribution in [0.3, 0.4) is 0 Å². The van der Waals surface area contributed by atoms with Gasteiger partial charge < -0.3 is 15.0 Å². The number of benzene rings is 1. The highest BCUT2D eigenvalue weighted by Gasteiger charge is 2.27. The Morgan fingerprint density at radius 1 is 1.22 bits per heavy atom. The lowest BCUT2D eigenvalue weighted by Crippen LogP contribution is -2.54. The molecule has 9 heteroatoms. The summed E-state index contributed by atoms with van der Waals surface area (Å²) in [5, 5.41) is 4.03. The van der Waals surface area contributed by atoms with Crippen molar-refractivity contribution >= 4 is 27.6 Å². The monoisotopic (exact) mass is 416 g/mol. The van der Waals surface area contributed by atoms with Gasteiger partial charge in [0.1, 0.15) is 0 Å². The van der Waals surface area contributed by atoms with Crippen molar-refractivity contribution in [3.63, 3.8) is 0 Å². The second kappa shape index (κ2) is 10.3. The standard InChI is InChI=1S/C18H29ClN4O3S/c1-15(2)26-12-13-27(24,25)23-10-8-22(9-11-23)18(20-3)21-14-16-4-6-17(19)7-5-16/h4-7,15H,8-14H2,1-3H3,(H,20,21). The van der Waals surface area contributed by atoms with Crippen molar-refractivity contribution < 1.29 is 13.2 Å². The number of nitrogens with zero attached hydrogens (tertiary/aromatic N) is 3. The summed E-state index contributed by atoms with van der Waals surface area (Å²) in [5.41, 5.74) is 1.10. The van der Waals surface area contributed by atoms with E-state index in [4.69, 9.17) is 16.3 Å². The van der Waals surface area contributed by atoms with Crippen LogP contribution in [-0.4, -0.2) is 75.3 Å². The van der Waals surface area contributed by atoms with E-state index in [1.165, 1.54) is 0 Å². The van der Waals surface area contributed by atoms with E-state index in [0.29, 0.717) is 37.7 Å².